The number of benzene rings is 2. The van der Waals surface area contributed by atoms with Crippen molar-refractivity contribution in [2.24, 2.45) is 0 Å². The number of thioether (sulfide) groups is 1. The van der Waals surface area contributed by atoms with E-state index in [-0.39, 0.29) is 24.1 Å². The van der Waals surface area contributed by atoms with Crippen LogP contribution < -0.4 is 20.1 Å². The summed E-state index contributed by atoms with van der Waals surface area (Å²) in [6.45, 7) is 7.05. The normalized spacial score (nSPS) is 11.1. The Morgan fingerprint density at radius 2 is 1.78 bits per heavy atom. The van der Waals surface area contributed by atoms with Crippen LogP contribution in [0.25, 0.3) is 6.08 Å². The number of nitrogens with one attached hydrogen (secondary N) is 2. The second kappa shape index (κ2) is 13.5. The molecule has 0 aliphatic rings. The number of carbonyl (C=O) groups excluding carboxylic acids is 2. The van der Waals surface area contributed by atoms with Gasteiger partial charge in [0.15, 0.2) is 22.5 Å². The van der Waals surface area contributed by atoms with Crippen LogP contribution in [0.3, 0.4) is 0 Å². The third-order valence-electron chi connectivity index (χ3n) is 5.56. The zero-order valence-corrected chi connectivity index (χ0v) is 22.6. The molecule has 196 valence electrons. The highest BCUT2D eigenvalue weighted by Gasteiger charge is 2.14. The third kappa shape index (κ3) is 7.85. The number of anilines is 1. The fraction of sp³-hybridized carbons (Fsp3) is 0.333. The first kappa shape index (κ1) is 27.8. The third-order valence-corrected chi connectivity index (χ3v) is 6.53. The van der Waals surface area contributed by atoms with Gasteiger partial charge < -0.3 is 24.7 Å². The predicted molar refractivity (Wildman–Crippen MR) is 146 cm³/mol. The van der Waals surface area contributed by atoms with Crippen LogP contribution in [0.2, 0.25) is 0 Å². The molecule has 0 unspecified atom stereocenters. The molecule has 0 saturated carbocycles. The summed E-state index contributed by atoms with van der Waals surface area (Å²) in [5, 5.41) is 14.8. The van der Waals surface area contributed by atoms with E-state index >= 15 is 0 Å². The molecular weight excluding hydrogens is 490 g/mol. The van der Waals surface area contributed by atoms with E-state index in [4.69, 9.17) is 9.47 Å². The second-order valence-electron chi connectivity index (χ2n) is 8.42. The van der Waals surface area contributed by atoms with E-state index in [0.29, 0.717) is 34.9 Å². The lowest BCUT2D eigenvalue weighted by Crippen LogP contribution is -2.22. The van der Waals surface area contributed by atoms with Crippen LogP contribution in [0.15, 0.2) is 53.7 Å². The van der Waals surface area contributed by atoms with Gasteiger partial charge in [0.1, 0.15) is 0 Å². The van der Waals surface area contributed by atoms with Gasteiger partial charge in [-0.3, -0.25) is 9.59 Å². The van der Waals surface area contributed by atoms with Crippen molar-refractivity contribution in [3.8, 4) is 11.5 Å². The number of rotatable bonds is 12. The summed E-state index contributed by atoms with van der Waals surface area (Å²) in [7, 11) is 3.13. The minimum absolute atomic E-state index is 0.122. The largest absolute Gasteiger partial charge is 0.493 e. The number of amides is 2. The number of ether oxygens (including phenoxy) is 2. The van der Waals surface area contributed by atoms with Crippen LogP contribution in [0.5, 0.6) is 11.5 Å². The SMILES string of the molecule is CCn1c(CNC(=O)/C=C/c2ccc(OC)c(OC)c2)nnc1SCC(=O)Nc1ccc(C(C)C)cc1. The molecule has 2 amide bonds. The Hall–Kier alpha value is -3.79. The van der Waals surface area contributed by atoms with Crippen molar-refractivity contribution in [2.45, 2.75) is 44.9 Å². The van der Waals surface area contributed by atoms with Gasteiger partial charge in [0.05, 0.1) is 26.5 Å². The van der Waals surface area contributed by atoms with Gasteiger partial charge in [-0.05, 0) is 54.3 Å². The van der Waals surface area contributed by atoms with Crippen LogP contribution in [-0.2, 0) is 22.7 Å². The monoisotopic (exact) mass is 523 g/mol. The number of hydrogen-bond donors (Lipinski definition) is 2. The van der Waals surface area contributed by atoms with Crippen LogP contribution in [0.4, 0.5) is 5.69 Å². The fourth-order valence-electron chi connectivity index (χ4n) is 3.51. The molecule has 0 fully saturated rings. The van der Waals surface area contributed by atoms with E-state index in [9.17, 15) is 9.59 Å². The Morgan fingerprint density at radius 3 is 2.43 bits per heavy atom. The van der Waals surface area contributed by atoms with Crippen molar-refractivity contribution >= 4 is 35.3 Å². The van der Waals surface area contributed by atoms with Gasteiger partial charge in [0.25, 0.3) is 0 Å². The molecule has 0 aliphatic heterocycles. The molecular formula is C27H33N5O4S. The van der Waals surface area contributed by atoms with Gasteiger partial charge in [0.2, 0.25) is 11.8 Å². The Bertz CT molecular complexity index is 1240. The van der Waals surface area contributed by atoms with E-state index < -0.39 is 0 Å². The van der Waals surface area contributed by atoms with Gasteiger partial charge in [-0.15, -0.1) is 10.2 Å². The zero-order valence-electron chi connectivity index (χ0n) is 21.8. The van der Waals surface area contributed by atoms with Crippen molar-refractivity contribution in [1.29, 1.82) is 0 Å². The minimum Gasteiger partial charge on any atom is -0.493 e. The second-order valence-corrected chi connectivity index (χ2v) is 9.36. The van der Waals surface area contributed by atoms with Crippen LogP contribution in [-0.4, -0.2) is 46.6 Å². The number of carbonyl (C=O) groups is 2. The summed E-state index contributed by atoms with van der Waals surface area (Å²) in [5.41, 5.74) is 2.79. The van der Waals surface area contributed by atoms with Crippen molar-refractivity contribution in [1.82, 2.24) is 20.1 Å². The molecule has 0 aliphatic carbocycles. The van der Waals surface area contributed by atoms with Crippen molar-refractivity contribution in [2.75, 3.05) is 25.3 Å². The molecule has 0 bridgehead atoms. The summed E-state index contributed by atoms with van der Waals surface area (Å²) in [6.07, 6.45) is 3.14. The highest BCUT2D eigenvalue weighted by atomic mass is 32.2. The van der Waals surface area contributed by atoms with E-state index in [0.717, 1.165) is 11.3 Å². The van der Waals surface area contributed by atoms with Crippen LogP contribution in [0.1, 0.15) is 43.6 Å². The van der Waals surface area contributed by atoms with E-state index in [2.05, 4.69) is 34.7 Å². The summed E-state index contributed by atoms with van der Waals surface area (Å²) in [5.74, 6) is 2.07. The maximum Gasteiger partial charge on any atom is 0.244 e. The maximum atomic E-state index is 12.4. The summed E-state index contributed by atoms with van der Waals surface area (Å²) in [6, 6.07) is 13.3. The molecule has 0 saturated heterocycles. The van der Waals surface area contributed by atoms with Gasteiger partial charge in [-0.2, -0.15) is 0 Å². The highest BCUT2D eigenvalue weighted by molar-refractivity contribution is 7.99. The van der Waals surface area contributed by atoms with Crippen molar-refractivity contribution < 1.29 is 19.1 Å². The molecule has 2 N–H and O–H groups in total. The molecule has 1 heterocycles. The van der Waals surface area contributed by atoms with Crippen LogP contribution >= 0.6 is 11.8 Å². The Balaban J connectivity index is 1.52. The number of methoxy groups -OCH3 is 2. The first-order valence-corrected chi connectivity index (χ1v) is 13.0. The zero-order chi connectivity index (χ0) is 26.8. The number of hydrogen-bond acceptors (Lipinski definition) is 7. The molecule has 3 aromatic rings. The smallest absolute Gasteiger partial charge is 0.244 e. The average Bonchev–Trinajstić information content (AvgIpc) is 3.31. The van der Waals surface area contributed by atoms with Gasteiger partial charge in [-0.25, -0.2) is 0 Å². The molecule has 9 nitrogen and oxygen atoms in total. The van der Waals surface area contributed by atoms with Gasteiger partial charge >= 0.3 is 0 Å². The highest BCUT2D eigenvalue weighted by Crippen LogP contribution is 2.28. The first-order chi connectivity index (χ1) is 17.8. The Morgan fingerprint density at radius 1 is 1.05 bits per heavy atom. The summed E-state index contributed by atoms with van der Waals surface area (Å²) < 4.78 is 12.4. The fourth-order valence-corrected chi connectivity index (χ4v) is 4.33. The van der Waals surface area contributed by atoms with Crippen molar-refractivity contribution in [3.63, 3.8) is 0 Å². The van der Waals surface area contributed by atoms with E-state index in [1.165, 1.54) is 23.4 Å². The lowest BCUT2D eigenvalue weighted by Gasteiger charge is -2.09. The van der Waals surface area contributed by atoms with Gasteiger partial charge in [-0.1, -0.05) is 43.8 Å². The van der Waals surface area contributed by atoms with E-state index in [1.807, 2.05) is 41.8 Å². The maximum absolute atomic E-state index is 12.4. The Kier molecular flexibility index (Phi) is 10.1. The standard InChI is InChI=1S/C27H33N5O4S/c1-6-32-24(16-28-25(33)14-8-19-7-13-22(35-4)23(15-19)36-5)30-31-27(32)37-17-26(34)29-21-11-9-20(10-12-21)18(2)3/h7-15,18H,6,16-17H2,1-5H3,(H,28,33)(H,29,34)/b14-8+. The number of aromatic nitrogens is 3. The predicted octanol–water partition coefficient (Wildman–Crippen LogP) is 4.50. The first-order valence-electron chi connectivity index (χ1n) is 12.0. The minimum atomic E-state index is -0.266. The molecule has 37 heavy (non-hydrogen) atoms. The van der Waals surface area contributed by atoms with Crippen LogP contribution in [0, 0.1) is 0 Å². The molecule has 2 aromatic carbocycles. The summed E-state index contributed by atoms with van der Waals surface area (Å²) >= 11 is 1.30. The quantitative estimate of drug-likeness (QED) is 0.266. The van der Waals surface area contributed by atoms with Crippen molar-refractivity contribution in [3.05, 3.63) is 65.5 Å². The Labute approximate surface area is 221 Å². The molecule has 0 radical (unpaired) electrons. The topological polar surface area (TPSA) is 107 Å². The molecule has 0 spiro atoms. The molecule has 10 heteroatoms. The average molecular weight is 524 g/mol. The van der Waals surface area contributed by atoms with Gasteiger partial charge in [0, 0.05) is 18.3 Å². The molecule has 0 atom stereocenters. The lowest BCUT2D eigenvalue weighted by molar-refractivity contribution is -0.116. The number of nitrogens with zero attached hydrogens (tertiary/aromatic N) is 3. The molecule has 3 rings (SSSR count). The summed E-state index contributed by atoms with van der Waals surface area (Å²) in [4.78, 5) is 24.8. The lowest BCUT2D eigenvalue weighted by atomic mass is 10.0. The van der Waals surface area contributed by atoms with E-state index in [1.54, 1.807) is 32.4 Å². The molecule has 1 aromatic heterocycles.